The van der Waals surface area contributed by atoms with Gasteiger partial charge in [-0.15, -0.1) is 12.6 Å². The predicted octanol–water partition coefficient (Wildman–Crippen LogP) is 3.79. The molecule has 0 heterocycles. The molecule has 0 radical (unpaired) electrons. The molecule has 0 atom stereocenters. The maximum absolute atomic E-state index is 11.9. The summed E-state index contributed by atoms with van der Waals surface area (Å²) in [6.07, 6.45) is 1.27. The minimum absolute atomic E-state index is 0.183. The van der Waals surface area contributed by atoms with Gasteiger partial charge in [-0.3, -0.25) is 4.79 Å². The topological polar surface area (TPSA) is 17.1 Å². The summed E-state index contributed by atoms with van der Waals surface area (Å²) in [5, 5.41) is 0. The van der Waals surface area contributed by atoms with E-state index in [1.807, 2.05) is 54.6 Å². The van der Waals surface area contributed by atoms with E-state index < -0.39 is 0 Å². The minimum atomic E-state index is 0.183. The van der Waals surface area contributed by atoms with E-state index in [9.17, 15) is 4.79 Å². The molecule has 0 amide bonds. The number of hydrogen-bond donors (Lipinski definition) is 1. The number of thiol groups is 1. The number of carbonyl (C=O) groups is 1. The zero-order valence-corrected chi connectivity index (χ0v) is 10.4. The molecule has 2 heteroatoms. The number of carbonyl (C=O) groups excluding carboxylic acids is 1. The molecule has 86 valence electrons. The Hall–Kier alpha value is -1.54. The summed E-state index contributed by atoms with van der Waals surface area (Å²) in [5.74, 6) is 0.183. The van der Waals surface area contributed by atoms with E-state index in [4.69, 9.17) is 0 Å². The van der Waals surface area contributed by atoms with Crippen LogP contribution in [0.2, 0.25) is 0 Å². The van der Waals surface area contributed by atoms with Crippen LogP contribution in [0, 0.1) is 0 Å². The van der Waals surface area contributed by atoms with Gasteiger partial charge < -0.3 is 0 Å². The lowest BCUT2D eigenvalue weighted by atomic mass is 10.0. The monoisotopic (exact) mass is 242 g/mol. The highest BCUT2D eigenvalue weighted by atomic mass is 32.1. The highest BCUT2D eigenvalue weighted by molar-refractivity contribution is 7.80. The van der Waals surface area contributed by atoms with Crippen LogP contribution in [0.3, 0.4) is 0 Å². The largest absolute Gasteiger partial charge is 0.294 e. The first-order valence-electron chi connectivity index (χ1n) is 5.62. The first-order valence-corrected chi connectivity index (χ1v) is 6.07. The van der Waals surface area contributed by atoms with Gasteiger partial charge in [-0.1, -0.05) is 48.5 Å². The fourth-order valence-corrected chi connectivity index (χ4v) is 2.01. The van der Waals surface area contributed by atoms with Crippen molar-refractivity contribution in [2.45, 2.75) is 17.7 Å². The maximum atomic E-state index is 11.9. The van der Waals surface area contributed by atoms with Gasteiger partial charge in [0, 0.05) is 16.9 Å². The molecule has 0 aliphatic rings. The highest BCUT2D eigenvalue weighted by Gasteiger charge is 2.06. The fourth-order valence-electron chi connectivity index (χ4n) is 1.74. The normalized spacial score (nSPS) is 10.2. The molecule has 17 heavy (non-hydrogen) atoms. The van der Waals surface area contributed by atoms with Crippen LogP contribution in [-0.4, -0.2) is 5.78 Å². The summed E-state index contributed by atoms with van der Waals surface area (Å²) in [6, 6.07) is 17.3. The van der Waals surface area contributed by atoms with Gasteiger partial charge in [0.25, 0.3) is 0 Å². The first kappa shape index (κ1) is 11.9. The minimum Gasteiger partial charge on any atom is -0.294 e. The van der Waals surface area contributed by atoms with Crippen LogP contribution < -0.4 is 0 Å². The summed E-state index contributed by atoms with van der Waals surface area (Å²) >= 11 is 4.38. The average Bonchev–Trinajstić information content (AvgIpc) is 2.38. The van der Waals surface area contributed by atoms with Crippen molar-refractivity contribution in [2.75, 3.05) is 0 Å². The van der Waals surface area contributed by atoms with Gasteiger partial charge in [-0.2, -0.15) is 0 Å². The standard InChI is InChI=1S/C15H14OS/c16-14(12-6-2-1-3-7-12)11-10-13-8-4-5-9-15(13)17/h1-9,17H,10-11H2. The Kier molecular flexibility index (Phi) is 3.99. The summed E-state index contributed by atoms with van der Waals surface area (Å²) < 4.78 is 0. The molecule has 0 aliphatic carbocycles. The third-order valence-corrected chi connectivity index (χ3v) is 3.15. The van der Waals surface area contributed by atoms with Crippen molar-refractivity contribution in [3.8, 4) is 0 Å². The average molecular weight is 242 g/mol. The number of hydrogen-bond acceptors (Lipinski definition) is 2. The fraction of sp³-hybridized carbons (Fsp3) is 0.133. The molecule has 0 bridgehead atoms. The Morgan fingerprint density at radius 3 is 2.29 bits per heavy atom. The second kappa shape index (κ2) is 5.69. The summed E-state index contributed by atoms with van der Waals surface area (Å²) in [7, 11) is 0. The van der Waals surface area contributed by atoms with Gasteiger partial charge in [0.1, 0.15) is 0 Å². The molecule has 0 aliphatic heterocycles. The summed E-state index contributed by atoms with van der Waals surface area (Å²) in [5.41, 5.74) is 1.91. The second-order valence-corrected chi connectivity index (χ2v) is 4.40. The predicted molar refractivity (Wildman–Crippen MR) is 72.8 cm³/mol. The van der Waals surface area contributed by atoms with Gasteiger partial charge >= 0.3 is 0 Å². The van der Waals surface area contributed by atoms with Gasteiger partial charge in [0.15, 0.2) is 5.78 Å². The molecule has 0 saturated carbocycles. The Morgan fingerprint density at radius 2 is 1.59 bits per heavy atom. The van der Waals surface area contributed by atoms with Gasteiger partial charge in [-0.05, 0) is 18.1 Å². The van der Waals surface area contributed by atoms with Crippen molar-refractivity contribution in [3.05, 3.63) is 65.7 Å². The van der Waals surface area contributed by atoms with E-state index >= 15 is 0 Å². The summed E-state index contributed by atoms with van der Waals surface area (Å²) in [4.78, 5) is 12.9. The van der Waals surface area contributed by atoms with Crippen molar-refractivity contribution in [2.24, 2.45) is 0 Å². The zero-order chi connectivity index (χ0) is 12.1. The first-order chi connectivity index (χ1) is 8.27. The number of aryl methyl sites for hydroxylation is 1. The molecule has 0 aromatic heterocycles. The number of ketones is 1. The Labute approximate surface area is 107 Å². The SMILES string of the molecule is O=C(CCc1ccccc1S)c1ccccc1. The van der Waals surface area contributed by atoms with Crippen LogP contribution in [0.4, 0.5) is 0 Å². The number of Topliss-reactive ketones (excluding diaryl/α,β-unsaturated/α-hetero) is 1. The molecule has 0 spiro atoms. The van der Waals surface area contributed by atoms with Gasteiger partial charge in [0.2, 0.25) is 0 Å². The van der Waals surface area contributed by atoms with Crippen LogP contribution >= 0.6 is 12.6 Å². The van der Waals surface area contributed by atoms with Crippen LogP contribution in [-0.2, 0) is 6.42 Å². The molecule has 2 rings (SSSR count). The molecule has 0 saturated heterocycles. The lowest BCUT2D eigenvalue weighted by Gasteiger charge is -2.04. The van der Waals surface area contributed by atoms with Crippen LogP contribution in [0.25, 0.3) is 0 Å². The molecule has 2 aromatic rings. The third-order valence-electron chi connectivity index (χ3n) is 2.71. The highest BCUT2D eigenvalue weighted by Crippen LogP contribution is 2.16. The maximum Gasteiger partial charge on any atom is 0.163 e. The van der Waals surface area contributed by atoms with Gasteiger partial charge in [-0.25, -0.2) is 0 Å². The summed E-state index contributed by atoms with van der Waals surface area (Å²) in [6.45, 7) is 0. The molecule has 0 N–H and O–H groups in total. The third kappa shape index (κ3) is 3.21. The van der Waals surface area contributed by atoms with Crippen molar-refractivity contribution in [3.63, 3.8) is 0 Å². The lowest BCUT2D eigenvalue weighted by Crippen LogP contribution is -2.01. The van der Waals surface area contributed by atoms with E-state index in [1.54, 1.807) is 0 Å². The molecule has 0 unspecified atom stereocenters. The molecule has 0 fully saturated rings. The Bertz CT molecular complexity index is 505. The van der Waals surface area contributed by atoms with Crippen molar-refractivity contribution < 1.29 is 4.79 Å². The van der Waals surface area contributed by atoms with E-state index in [-0.39, 0.29) is 5.78 Å². The van der Waals surface area contributed by atoms with Crippen molar-refractivity contribution >= 4 is 18.4 Å². The molecule has 2 aromatic carbocycles. The number of rotatable bonds is 4. The van der Waals surface area contributed by atoms with E-state index in [0.717, 1.165) is 22.4 Å². The van der Waals surface area contributed by atoms with Crippen LogP contribution in [0.5, 0.6) is 0 Å². The van der Waals surface area contributed by atoms with Crippen molar-refractivity contribution in [1.29, 1.82) is 0 Å². The van der Waals surface area contributed by atoms with Crippen molar-refractivity contribution in [1.82, 2.24) is 0 Å². The van der Waals surface area contributed by atoms with E-state index in [0.29, 0.717) is 6.42 Å². The van der Waals surface area contributed by atoms with Gasteiger partial charge in [0.05, 0.1) is 0 Å². The number of benzene rings is 2. The Morgan fingerprint density at radius 1 is 0.941 bits per heavy atom. The lowest BCUT2D eigenvalue weighted by molar-refractivity contribution is 0.0982. The smallest absolute Gasteiger partial charge is 0.163 e. The quantitative estimate of drug-likeness (QED) is 0.637. The molecule has 1 nitrogen and oxygen atoms in total. The zero-order valence-electron chi connectivity index (χ0n) is 9.47. The molecular formula is C15H14OS. The van der Waals surface area contributed by atoms with E-state index in [1.165, 1.54) is 0 Å². The van der Waals surface area contributed by atoms with Crippen LogP contribution in [0.15, 0.2) is 59.5 Å². The van der Waals surface area contributed by atoms with E-state index in [2.05, 4.69) is 12.6 Å². The Balaban J connectivity index is 2.00. The van der Waals surface area contributed by atoms with Crippen LogP contribution in [0.1, 0.15) is 22.3 Å². The second-order valence-electron chi connectivity index (χ2n) is 3.92. The molecular weight excluding hydrogens is 228 g/mol.